The number of nitrogens with one attached hydrogen (secondary N) is 1. The number of halogens is 1. The fraction of sp³-hybridized carbons (Fsp3) is 0.600. The summed E-state index contributed by atoms with van der Waals surface area (Å²) < 4.78 is 37.2. The van der Waals surface area contributed by atoms with Crippen molar-refractivity contribution >= 4 is 9.84 Å². The van der Waals surface area contributed by atoms with Gasteiger partial charge >= 0.3 is 0 Å². The summed E-state index contributed by atoms with van der Waals surface area (Å²) >= 11 is 0. The summed E-state index contributed by atoms with van der Waals surface area (Å²) in [5.41, 5.74) is 0.233. The van der Waals surface area contributed by atoms with Crippen LogP contribution in [0.25, 0.3) is 0 Å². The highest BCUT2D eigenvalue weighted by atomic mass is 32.2. The van der Waals surface area contributed by atoms with Crippen LogP contribution in [0.4, 0.5) is 4.39 Å². The van der Waals surface area contributed by atoms with Gasteiger partial charge in [-0.25, -0.2) is 12.8 Å². The topological polar surface area (TPSA) is 66.4 Å². The van der Waals surface area contributed by atoms with E-state index in [2.05, 4.69) is 5.32 Å². The highest BCUT2D eigenvalue weighted by molar-refractivity contribution is 7.91. The normalized spacial score (nSPS) is 24.7. The maximum Gasteiger partial charge on any atom is 0.151 e. The molecule has 1 aromatic rings. The van der Waals surface area contributed by atoms with Crippen molar-refractivity contribution in [2.75, 3.05) is 12.8 Å². The van der Waals surface area contributed by atoms with Gasteiger partial charge in [0, 0.05) is 24.4 Å². The van der Waals surface area contributed by atoms with E-state index in [1.54, 1.807) is 12.1 Å². The fourth-order valence-electron chi connectivity index (χ4n) is 2.96. The average molecular weight is 315 g/mol. The molecule has 1 saturated carbocycles. The van der Waals surface area contributed by atoms with Gasteiger partial charge in [-0.15, -0.1) is 0 Å². The van der Waals surface area contributed by atoms with Gasteiger partial charge in [-0.1, -0.05) is 31.0 Å². The van der Waals surface area contributed by atoms with E-state index in [1.807, 2.05) is 0 Å². The molecule has 118 valence electrons. The molecule has 6 heteroatoms. The van der Waals surface area contributed by atoms with E-state index in [0.29, 0.717) is 6.42 Å². The lowest BCUT2D eigenvalue weighted by Crippen LogP contribution is -2.47. The molecule has 2 rings (SSSR count). The summed E-state index contributed by atoms with van der Waals surface area (Å²) in [7, 11) is -3.11. The zero-order chi connectivity index (χ0) is 15.5. The lowest BCUT2D eigenvalue weighted by Gasteiger charge is -2.31. The van der Waals surface area contributed by atoms with E-state index < -0.39 is 27.0 Å². The molecule has 1 aromatic carbocycles. The van der Waals surface area contributed by atoms with Gasteiger partial charge in [0.05, 0.1) is 11.4 Å². The second-order valence-electron chi connectivity index (χ2n) is 5.70. The highest BCUT2D eigenvalue weighted by Crippen LogP contribution is 2.25. The molecule has 1 aliphatic carbocycles. The second-order valence-corrected chi connectivity index (χ2v) is 7.97. The molecule has 2 N–H and O–H groups in total. The minimum atomic E-state index is -3.11. The van der Waals surface area contributed by atoms with Gasteiger partial charge in [-0.2, -0.15) is 0 Å². The molecule has 0 amide bonds. The third kappa shape index (κ3) is 4.25. The Morgan fingerprint density at radius 3 is 2.67 bits per heavy atom. The Morgan fingerprint density at radius 1 is 1.33 bits per heavy atom. The van der Waals surface area contributed by atoms with Crippen molar-refractivity contribution in [2.45, 2.75) is 43.1 Å². The third-order valence-corrected chi connectivity index (χ3v) is 5.75. The van der Waals surface area contributed by atoms with E-state index in [-0.39, 0.29) is 18.2 Å². The predicted molar refractivity (Wildman–Crippen MR) is 80.3 cm³/mol. The van der Waals surface area contributed by atoms with E-state index >= 15 is 0 Å². The molecule has 0 aliphatic heterocycles. The van der Waals surface area contributed by atoms with Crippen molar-refractivity contribution in [2.24, 2.45) is 0 Å². The van der Waals surface area contributed by atoms with Crippen molar-refractivity contribution in [3.05, 3.63) is 35.6 Å². The standard InChI is InChI=1S/C15H22FNO3S/c1-21(19,20)15-9-5-4-8-13(15)17-10-14(18)11-6-2-3-7-12(11)16/h2-3,6-7,13-15,17-18H,4-5,8-10H2,1H3. The minimum absolute atomic E-state index is 0.150. The van der Waals surface area contributed by atoms with E-state index in [4.69, 9.17) is 0 Å². The van der Waals surface area contributed by atoms with Gasteiger partial charge in [-0.05, 0) is 18.9 Å². The first-order valence-corrected chi connectivity index (χ1v) is 9.20. The Hall–Kier alpha value is -0.980. The van der Waals surface area contributed by atoms with E-state index in [1.165, 1.54) is 18.4 Å². The van der Waals surface area contributed by atoms with Gasteiger partial charge in [0.25, 0.3) is 0 Å². The smallest absolute Gasteiger partial charge is 0.151 e. The van der Waals surface area contributed by atoms with Crippen molar-refractivity contribution in [3.63, 3.8) is 0 Å². The summed E-state index contributed by atoms with van der Waals surface area (Å²) in [4.78, 5) is 0. The first-order valence-electron chi connectivity index (χ1n) is 7.24. The van der Waals surface area contributed by atoms with Gasteiger partial charge in [0.2, 0.25) is 0 Å². The van der Waals surface area contributed by atoms with Crippen molar-refractivity contribution in [3.8, 4) is 0 Å². The maximum absolute atomic E-state index is 13.6. The van der Waals surface area contributed by atoms with Crippen LogP contribution in [0.15, 0.2) is 24.3 Å². The molecule has 21 heavy (non-hydrogen) atoms. The van der Waals surface area contributed by atoms with Gasteiger partial charge in [0.1, 0.15) is 5.82 Å². The molecule has 0 saturated heterocycles. The molecule has 0 radical (unpaired) electrons. The monoisotopic (exact) mass is 315 g/mol. The Kier molecular flexibility index (Phi) is 5.35. The van der Waals surface area contributed by atoms with Crippen LogP contribution >= 0.6 is 0 Å². The van der Waals surface area contributed by atoms with Crippen LogP contribution < -0.4 is 5.32 Å². The molecular formula is C15H22FNO3S. The van der Waals surface area contributed by atoms with Crippen molar-refractivity contribution in [1.82, 2.24) is 5.32 Å². The zero-order valence-electron chi connectivity index (χ0n) is 12.1. The largest absolute Gasteiger partial charge is 0.387 e. The molecule has 0 bridgehead atoms. The summed E-state index contributed by atoms with van der Waals surface area (Å²) in [5, 5.41) is 12.8. The van der Waals surface area contributed by atoms with Crippen molar-refractivity contribution < 1.29 is 17.9 Å². The van der Waals surface area contributed by atoms with Crippen LogP contribution in [-0.2, 0) is 9.84 Å². The molecule has 0 heterocycles. The molecule has 1 fully saturated rings. The molecule has 1 aliphatic rings. The molecule has 3 atom stereocenters. The third-order valence-electron chi connectivity index (χ3n) is 4.09. The number of hydrogen-bond acceptors (Lipinski definition) is 4. The quantitative estimate of drug-likeness (QED) is 0.869. The Morgan fingerprint density at radius 2 is 2.00 bits per heavy atom. The molecule has 4 nitrogen and oxygen atoms in total. The van der Waals surface area contributed by atoms with Crippen LogP contribution in [0, 0.1) is 5.82 Å². The molecule has 0 aromatic heterocycles. The first kappa shape index (κ1) is 16.4. The average Bonchev–Trinajstić information content (AvgIpc) is 2.44. The maximum atomic E-state index is 13.6. The number of hydrogen-bond donors (Lipinski definition) is 2. The van der Waals surface area contributed by atoms with E-state index in [9.17, 15) is 17.9 Å². The van der Waals surface area contributed by atoms with Crippen LogP contribution in [0.2, 0.25) is 0 Å². The molecule has 3 unspecified atom stereocenters. The zero-order valence-corrected chi connectivity index (χ0v) is 12.9. The summed E-state index contributed by atoms with van der Waals surface area (Å²) in [5.74, 6) is -0.449. The van der Waals surface area contributed by atoms with Crippen LogP contribution in [0.1, 0.15) is 37.4 Å². The van der Waals surface area contributed by atoms with Gasteiger partial charge in [-0.3, -0.25) is 0 Å². The number of aliphatic hydroxyl groups excluding tert-OH is 1. The Bertz CT molecular complexity index is 576. The number of aliphatic hydroxyl groups is 1. The SMILES string of the molecule is CS(=O)(=O)C1CCCCC1NCC(O)c1ccccc1F. The summed E-state index contributed by atoms with van der Waals surface area (Å²) in [6, 6.07) is 5.91. The fourth-order valence-corrected chi connectivity index (χ4v) is 4.39. The highest BCUT2D eigenvalue weighted by Gasteiger charge is 2.32. The predicted octanol–water partition coefficient (Wildman–Crippen LogP) is 1.80. The van der Waals surface area contributed by atoms with Gasteiger partial charge in [0.15, 0.2) is 9.84 Å². The van der Waals surface area contributed by atoms with Gasteiger partial charge < -0.3 is 10.4 Å². The molecule has 0 spiro atoms. The molecular weight excluding hydrogens is 293 g/mol. The Balaban J connectivity index is 1.99. The summed E-state index contributed by atoms with van der Waals surface area (Å²) in [6.45, 7) is 0.150. The first-order chi connectivity index (χ1) is 9.89. The Labute approximate surface area is 125 Å². The number of sulfone groups is 1. The lowest BCUT2D eigenvalue weighted by atomic mass is 9.94. The second kappa shape index (κ2) is 6.85. The lowest BCUT2D eigenvalue weighted by molar-refractivity contribution is 0.161. The minimum Gasteiger partial charge on any atom is -0.387 e. The van der Waals surface area contributed by atoms with Crippen LogP contribution in [0.3, 0.4) is 0 Å². The van der Waals surface area contributed by atoms with Crippen LogP contribution in [0.5, 0.6) is 0 Å². The number of rotatable bonds is 5. The summed E-state index contributed by atoms with van der Waals surface area (Å²) in [6.07, 6.45) is 3.57. The number of benzene rings is 1. The van der Waals surface area contributed by atoms with E-state index in [0.717, 1.165) is 19.3 Å². The van der Waals surface area contributed by atoms with Crippen LogP contribution in [-0.4, -0.2) is 37.6 Å². The van der Waals surface area contributed by atoms with Crippen molar-refractivity contribution in [1.29, 1.82) is 0 Å².